The van der Waals surface area contributed by atoms with Crippen LogP contribution in [-0.4, -0.2) is 58.6 Å². The molecule has 3 aliphatic rings. The van der Waals surface area contributed by atoms with Crippen LogP contribution in [0, 0.1) is 0 Å². The SMILES string of the molecule is CN1CCCc2c1ccc1c2Oc2c3c(ccc2=C1c1ccc(NC(=O)c2ccc(S(=O)(=O)F)cc2C(=O)O)cc1C(=O)[O-])=[N+](C)CCC3. The molecule has 13 heteroatoms. The molecule has 0 fully saturated rings. The summed E-state index contributed by atoms with van der Waals surface area (Å²) in [6.45, 7) is 1.79. The molecule has 49 heavy (non-hydrogen) atoms. The number of carboxylic acids is 2. The third-order valence-corrected chi connectivity index (χ3v) is 10.2. The third-order valence-electron chi connectivity index (χ3n) is 9.39. The number of hydrogen-bond acceptors (Lipinski definition) is 8. The Morgan fingerprint density at radius 2 is 1.67 bits per heavy atom. The second-order valence-corrected chi connectivity index (χ2v) is 13.7. The summed E-state index contributed by atoms with van der Waals surface area (Å²) in [6.07, 6.45) is 3.43. The number of aromatic carboxylic acids is 2. The Morgan fingerprint density at radius 3 is 2.41 bits per heavy atom. The van der Waals surface area contributed by atoms with Gasteiger partial charge in [-0.05, 0) is 73.4 Å². The van der Waals surface area contributed by atoms with Gasteiger partial charge < -0.3 is 30.0 Å². The lowest BCUT2D eigenvalue weighted by atomic mass is 9.85. The number of carbonyl (C=O) groups is 3. The van der Waals surface area contributed by atoms with E-state index < -0.39 is 44.1 Å². The molecule has 0 saturated heterocycles. The van der Waals surface area contributed by atoms with Crippen LogP contribution in [-0.2, 0) is 23.1 Å². The second kappa shape index (κ2) is 11.8. The Hall–Kier alpha value is -5.56. The summed E-state index contributed by atoms with van der Waals surface area (Å²) in [6, 6.07) is 14.4. The van der Waals surface area contributed by atoms with E-state index in [1.54, 1.807) is 6.07 Å². The van der Waals surface area contributed by atoms with Crippen LogP contribution in [0.25, 0.3) is 5.57 Å². The third kappa shape index (κ3) is 5.49. The first-order valence-corrected chi connectivity index (χ1v) is 17.0. The molecule has 250 valence electrons. The van der Waals surface area contributed by atoms with Crippen molar-refractivity contribution in [2.75, 3.05) is 37.4 Å². The van der Waals surface area contributed by atoms with Gasteiger partial charge in [0.15, 0.2) is 0 Å². The van der Waals surface area contributed by atoms with Crippen LogP contribution < -0.4 is 35.2 Å². The molecule has 7 rings (SSSR count). The van der Waals surface area contributed by atoms with Crippen LogP contribution in [0.5, 0.6) is 11.5 Å². The van der Waals surface area contributed by atoms with Gasteiger partial charge in [0.25, 0.3) is 5.91 Å². The number of fused-ring (bicyclic) bond motifs is 6. The van der Waals surface area contributed by atoms with Crippen molar-refractivity contribution in [3.05, 3.63) is 110 Å². The highest BCUT2D eigenvalue weighted by Gasteiger charge is 2.31. The fraction of sp³-hybridized carbons (Fsp3) is 0.222. The summed E-state index contributed by atoms with van der Waals surface area (Å²) < 4.78 is 45.2. The lowest BCUT2D eigenvalue weighted by molar-refractivity contribution is -0.255. The summed E-state index contributed by atoms with van der Waals surface area (Å²) in [4.78, 5) is 39.1. The average Bonchev–Trinajstić information content (AvgIpc) is 3.06. The number of amides is 1. The second-order valence-electron chi connectivity index (χ2n) is 12.4. The van der Waals surface area contributed by atoms with Crippen molar-refractivity contribution < 1.29 is 41.6 Å². The Balaban J connectivity index is 1.39. The molecule has 0 unspecified atom stereocenters. The van der Waals surface area contributed by atoms with Crippen molar-refractivity contribution in [3.63, 3.8) is 0 Å². The van der Waals surface area contributed by atoms with Gasteiger partial charge in [0.2, 0.25) is 5.36 Å². The number of nitrogens with one attached hydrogen (secondary N) is 1. The number of benzene rings is 4. The maximum atomic E-state index is 13.5. The number of nitrogens with zero attached hydrogens (tertiary/aromatic N) is 2. The van der Waals surface area contributed by atoms with Gasteiger partial charge in [-0.15, -0.1) is 3.89 Å². The van der Waals surface area contributed by atoms with Crippen molar-refractivity contribution in [3.8, 4) is 11.5 Å². The van der Waals surface area contributed by atoms with E-state index in [1.165, 1.54) is 12.1 Å². The van der Waals surface area contributed by atoms with Crippen LogP contribution >= 0.6 is 0 Å². The van der Waals surface area contributed by atoms with Crippen LogP contribution in [0.15, 0.2) is 65.6 Å². The standard InChI is InChI=1S/C36H30FN3O8S/c1-39-15-3-5-23-29(39)13-11-25-31(26-12-14-30-24(6-4-16-40(30)2)33(26)48-32(23)25)21-9-7-19(17-27(21)35(42)43)38-34(41)22-10-8-20(49(37,46)47)18-28(22)36(44)45/h7-14,17-18H,3-6,15-16H2,1-2H3,(H2,42,43,44,45). The summed E-state index contributed by atoms with van der Waals surface area (Å²) in [7, 11) is -1.18. The average molecular weight is 684 g/mol. The molecular formula is C36H30FN3O8S. The Labute approximate surface area is 280 Å². The molecule has 0 spiro atoms. The van der Waals surface area contributed by atoms with Crippen LogP contribution in [0.3, 0.4) is 0 Å². The van der Waals surface area contributed by atoms with E-state index in [1.807, 2.05) is 38.4 Å². The molecule has 0 aromatic heterocycles. The maximum Gasteiger partial charge on any atom is 0.336 e. The van der Waals surface area contributed by atoms with Crippen LogP contribution in [0.4, 0.5) is 15.3 Å². The van der Waals surface area contributed by atoms with Crippen molar-refractivity contribution in [1.29, 1.82) is 0 Å². The van der Waals surface area contributed by atoms with E-state index in [9.17, 15) is 36.9 Å². The number of halogens is 1. The summed E-state index contributed by atoms with van der Waals surface area (Å²) in [5.41, 5.74) is 3.40. The Kier molecular flexibility index (Phi) is 7.74. The van der Waals surface area contributed by atoms with Gasteiger partial charge in [-0.2, -0.15) is 8.42 Å². The number of hydrogen-bond donors (Lipinski definition) is 2. The minimum atomic E-state index is -5.23. The molecule has 1 amide bonds. The predicted octanol–water partition coefficient (Wildman–Crippen LogP) is 2.46. The van der Waals surface area contributed by atoms with Crippen LogP contribution in [0.1, 0.15) is 66.2 Å². The first-order valence-electron chi connectivity index (χ1n) is 15.6. The van der Waals surface area contributed by atoms with Crippen molar-refractivity contribution in [2.45, 2.75) is 30.6 Å². The van der Waals surface area contributed by atoms with E-state index in [-0.39, 0.29) is 11.3 Å². The normalized spacial score (nSPS) is 15.0. The molecule has 0 aliphatic carbocycles. The van der Waals surface area contributed by atoms with E-state index in [2.05, 4.69) is 14.8 Å². The molecule has 3 heterocycles. The summed E-state index contributed by atoms with van der Waals surface area (Å²) in [5.74, 6) is -2.79. The van der Waals surface area contributed by atoms with Crippen molar-refractivity contribution in [2.24, 2.45) is 0 Å². The molecule has 4 aromatic rings. The van der Waals surface area contributed by atoms with Gasteiger partial charge >= 0.3 is 16.2 Å². The number of ether oxygens (including phenoxy) is 1. The highest BCUT2D eigenvalue weighted by Crippen LogP contribution is 2.45. The molecule has 0 radical (unpaired) electrons. The van der Waals surface area contributed by atoms with Gasteiger partial charge in [0.05, 0.1) is 27.6 Å². The van der Waals surface area contributed by atoms with Crippen molar-refractivity contribution >= 4 is 45.0 Å². The molecule has 2 N–H and O–H groups in total. The number of rotatable bonds is 6. The molecular weight excluding hydrogens is 653 g/mol. The topological polar surface area (TPSA) is 156 Å². The monoisotopic (exact) mass is 683 g/mol. The zero-order valence-electron chi connectivity index (χ0n) is 26.5. The van der Waals surface area contributed by atoms with E-state index in [0.717, 1.165) is 83.9 Å². The van der Waals surface area contributed by atoms with Gasteiger partial charge in [0, 0.05) is 64.9 Å². The molecule has 0 bridgehead atoms. The quantitative estimate of drug-likeness (QED) is 0.203. The zero-order chi connectivity index (χ0) is 34.8. The minimum Gasteiger partial charge on any atom is -0.545 e. The highest BCUT2D eigenvalue weighted by molar-refractivity contribution is 7.86. The van der Waals surface area contributed by atoms with Gasteiger partial charge in [-0.1, -0.05) is 6.07 Å². The largest absolute Gasteiger partial charge is 0.545 e. The minimum absolute atomic E-state index is 0.0127. The maximum absolute atomic E-state index is 13.5. The smallest absolute Gasteiger partial charge is 0.336 e. The zero-order valence-corrected chi connectivity index (χ0v) is 27.3. The first-order chi connectivity index (χ1) is 23.3. The number of anilines is 2. The lowest BCUT2D eigenvalue weighted by Gasteiger charge is -2.32. The number of carbonyl (C=O) groups excluding carboxylic acids is 2. The fourth-order valence-corrected chi connectivity index (χ4v) is 7.57. The lowest BCUT2D eigenvalue weighted by Crippen LogP contribution is -2.37. The molecule has 11 nitrogen and oxygen atoms in total. The van der Waals surface area contributed by atoms with Crippen LogP contribution in [0.2, 0.25) is 0 Å². The predicted molar refractivity (Wildman–Crippen MR) is 176 cm³/mol. The van der Waals surface area contributed by atoms with Gasteiger partial charge in [0.1, 0.15) is 25.1 Å². The molecule has 0 saturated carbocycles. The highest BCUT2D eigenvalue weighted by atomic mass is 32.3. The Bertz CT molecular complexity index is 2390. The summed E-state index contributed by atoms with van der Waals surface area (Å²) in [5, 5.41) is 26.6. The molecule has 0 atom stereocenters. The van der Waals surface area contributed by atoms with E-state index in [4.69, 9.17) is 4.74 Å². The van der Waals surface area contributed by atoms with E-state index >= 15 is 0 Å². The molecule has 4 aromatic carbocycles. The first kappa shape index (κ1) is 32.0. The van der Waals surface area contributed by atoms with Crippen molar-refractivity contribution in [1.82, 2.24) is 4.58 Å². The van der Waals surface area contributed by atoms with E-state index in [0.29, 0.717) is 28.7 Å². The fourth-order valence-electron chi connectivity index (χ4n) is 7.08. The van der Waals surface area contributed by atoms with Gasteiger partial charge in [-0.3, -0.25) is 4.79 Å². The van der Waals surface area contributed by atoms with Gasteiger partial charge in [-0.25, -0.2) is 9.37 Å². The molecule has 3 aliphatic heterocycles. The number of carboxylic acid groups (broad SMARTS) is 2. The summed E-state index contributed by atoms with van der Waals surface area (Å²) >= 11 is 0. The Morgan fingerprint density at radius 1 is 0.918 bits per heavy atom.